The zero-order chi connectivity index (χ0) is 22.8. The topological polar surface area (TPSA) is 67.5 Å². The summed E-state index contributed by atoms with van der Waals surface area (Å²) < 4.78 is 14.0. The summed E-state index contributed by atoms with van der Waals surface area (Å²) in [6.07, 6.45) is 4.73. The molecule has 0 radical (unpaired) electrons. The number of rotatable bonds is 7. The molecule has 0 amide bonds. The molecule has 8 nitrogen and oxygen atoms in total. The van der Waals surface area contributed by atoms with Crippen LogP contribution < -0.4 is 9.75 Å². The van der Waals surface area contributed by atoms with Gasteiger partial charge in [-0.1, -0.05) is 17.4 Å². The molecule has 0 bridgehead atoms. The minimum absolute atomic E-state index is 0.339. The van der Waals surface area contributed by atoms with E-state index >= 15 is 0 Å². The third-order valence-corrected chi connectivity index (χ3v) is 6.08. The lowest BCUT2D eigenvalue weighted by Gasteiger charge is -2.21. The van der Waals surface area contributed by atoms with Crippen LogP contribution in [0.1, 0.15) is 29.5 Å². The van der Waals surface area contributed by atoms with Gasteiger partial charge in [0.1, 0.15) is 25.8 Å². The maximum atomic E-state index is 6.27. The molecule has 1 aliphatic heterocycles. The molecular weight excluding hydrogens is 416 g/mol. The molecule has 2 aromatic carbocycles. The van der Waals surface area contributed by atoms with Gasteiger partial charge in [0.2, 0.25) is 0 Å². The van der Waals surface area contributed by atoms with Crippen molar-refractivity contribution in [1.29, 1.82) is 0 Å². The monoisotopic (exact) mass is 446 g/mol. The van der Waals surface area contributed by atoms with Crippen molar-refractivity contribution >= 4 is 5.69 Å². The van der Waals surface area contributed by atoms with Crippen LogP contribution in [0.15, 0.2) is 59.1 Å². The van der Waals surface area contributed by atoms with Crippen molar-refractivity contribution in [3.05, 3.63) is 65.4 Å². The summed E-state index contributed by atoms with van der Waals surface area (Å²) in [6.45, 7) is 6.36. The lowest BCUT2D eigenvalue weighted by atomic mass is 10.1. The number of hydrogen-bond donors (Lipinski definition) is 0. The van der Waals surface area contributed by atoms with E-state index in [2.05, 4.69) is 59.4 Å². The molecule has 0 N–H and O–H groups in total. The fourth-order valence-electron chi connectivity index (χ4n) is 3.96. The molecule has 0 spiro atoms. The molecule has 1 aliphatic carbocycles. The molecule has 2 heterocycles. The standard InChI is InChI=1S/C25H30N6O2/c1-18-5-4-6-24(31-17-32-16-29(3)27-28-31)22(18)15-33-25-10-9-21(13-19(25)2)23-11-12-30(26-23)14-20-7-8-20/h4-6,9-13,20H,7-8,14-17H2,1-3H3. The molecule has 1 saturated carbocycles. The molecule has 2 aliphatic rings. The Kier molecular flexibility index (Phi) is 6.00. The van der Waals surface area contributed by atoms with E-state index in [0.717, 1.165) is 51.8 Å². The lowest BCUT2D eigenvalue weighted by molar-refractivity contribution is 0.0569. The summed E-state index contributed by atoms with van der Waals surface area (Å²) in [5, 5.41) is 16.6. The third-order valence-electron chi connectivity index (χ3n) is 6.08. The average molecular weight is 447 g/mol. The second-order valence-corrected chi connectivity index (χ2v) is 8.91. The van der Waals surface area contributed by atoms with E-state index in [9.17, 15) is 0 Å². The van der Waals surface area contributed by atoms with Crippen LogP contribution >= 0.6 is 0 Å². The minimum atomic E-state index is 0.339. The zero-order valence-corrected chi connectivity index (χ0v) is 19.4. The second-order valence-electron chi connectivity index (χ2n) is 8.91. The van der Waals surface area contributed by atoms with Crippen molar-refractivity contribution in [3.8, 4) is 17.0 Å². The van der Waals surface area contributed by atoms with Gasteiger partial charge in [-0.3, -0.25) is 9.69 Å². The van der Waals surface area contributed by atoms with Crippen molar-refractivity contribution in [3.63, 3.8) is 0 Å². The van der Waals surface area contributed by atoms with E-state index in [-0.39, 0.29) is 0 Å². The van der Waals surface area contributed by atoms with Gasteiger partial charge in [-0.2, -0.15) is 5.10 Å². The van der Waals surface area contributed by atoms with Crippen LogP contribution in [-0.2, 0) is 17.9 Å². The quantitative estimate of drug-likeness (QED) is 0.504. The molecular formula is C25H30N6O2. The Morgan fingerprint density at radius 3 is 2.73 bits per heavy atom. The van der Waals surface area contributed by atoms with Gasteiger partial charge in [0.05, 0.1) is 11.4 Å². The summed E-state index contributed by atoms with van der Waals surface area (Å²) in [5.41, 5.74) is 6.33. The maximum absolute atomic E-state index is 6.27. The summed E-state index contributed by atoms with van der Waals surface area (Å²) in [6, 6.07) is 14.5. The minimum Gasteiger partial charge on any atom is -0.489 e. The van der Waals surface area contributed by atoms with Gasteiger partial charge in [-0.05, 0) is 79.3 Å². The Labute approximate surface area is 194 Å². The molecule has 5 rings (SSSR count). The number of hydrogen-bond acceptors (Lipinski definition) is 7. The Balaban J connectivity index is 1.31. The first-order chi connectivity index (χ1) is 16.1. The summed E-state index contributed by atoms with van der Waals surface area (Å²) in [7, 11) is 1.83. The Morgan fingerprint density at radius 2 is 1.91 bits per heavy atom. The van der Waals surface area contributed by atoms with Crippen molar-refractivity contribution < 1.29 is 9.47 Å². The smallest absolute Gasteiger partial charge is 0.144 e. The zero-order valence-electron chi connectivity index (χ0n) is 19.4. The fourth-order valence-corrected chi connectivity index (χ4v) is 3.96. The number of anilines is 1. The molecule has 33 heavy (non-hydrogen) atoms. The predicted molar refractivity (Wildman–Crippen MR) is 127 cm³/mol. The highest BCUT2D eigenvalue weighted by atomic mass is 16.5. The highest BCUT2D eigenvalue weighted by Crippen LogP contribution is 2.32. The Bertz CT molecular complexity index is 1150. The summed E-state index contributed by atoms with van der Waals surface area (Å²) in [5.74, 6) is 1.67. The molecule has 3 aromatic rings. The molecule has 1 aromatic heterocycles. The van der Waals surface area contributed by atoms with Crippen LogP contribution in [0.25, 0.3) is 11.3 Å². The van der Waals surface area contributed by atoms with Crippen LogP contribution in [0.4, 0.5) is 5.69 Å². The summed E-state index contributed by atoms with van der Waals surface area (Å²) >= 11 is 0. The van der Waals surface area contributed by atoms with E-state index in [1.165, 1.54) is 12.8 Å². The first-order valence-corrected chi connectivity index (χ1v) is 11.4. The Hall–Kier alpha value is -3.39. The summed E-state index contributed by atoms with van der Waals surface area (Å²) in [4.78, 5) is 0. The van der Waals surface area contributed by atoms with Crippen LogP contribution in [-0.4, -0.2) is 35.3 Å². The van der Waals surface area contributed by atoms with Crippen molar-refractivity contribution in [2.45, 2.75) is 39.8 Å². The van der Waals surface area contributed by atoms with Gasteiger partial charge in [0, 0.05) is 30.9 Å². The fraction of sp³-hybridized carbons (Fsp3) is 0.400. The van der Waals surface area contributed by atoms with Crippen molar-refractivity contribution in [1.82, 2.24) is 14.8 Å². The van der Waals surface area contributed by atoms with E-state index in [0.29, 0.717) is 20.1 Å². The van der Waals surface area contributed by atoms with E-state index < -0.39 is 0 Å². The SMILES string of the molecule is Cc1cc(-c2ccn(CC3CC3)n2)ccc1OCc1c(C)cccc1N1COCN(C)N=N1. The van der Waals surface area contributed by atoms with Crippen LogP contribution in [0, 0.1) is 19.8 Å². The number of benzene rings is 2. The lowest BCUT2D eigenvalue weighted by Crippen LogP contribution is -2.21. The molecule has 0 saturated heterocycles. The highest BCUT2D eigenvalue weighted by Gasteiger charge is 2.22. The average Bonchev–Trinajstić information content (AvgIpc) is 3.54. The molecule has 0 unspecified atom stereocenters. The number of aromatic nitrogens is 2. The van der Waals surface area contributed by atoms with Gasteiger partial charge in [-0.25, -0.2) is 5.01 Å². The number of nitrogens with zero attached hydrogens (tertiary/aromatic N) is 6. The molecule has 0 atom stereocenters. The van der Waals surface area contributed by atoms with Crippen LogP contribution in [0.2, 0.25) is 0 Å². The van der Waals surface area contributed by atoms with E-state index in [1.54, 1.807) is 10.0 Å². The van der Waals surface area contributed by atoms with Gasteiger partial charge >= 0.3 is 0 Å². The number of ether oxygens (including phenoxy) is 2. The second kappa shape index (κ2) is 9.23. The van der Waals surface area contributed by atoms with Gasteiger partial charge < -0.3 is 9.47 Å². The highest BCUT2D eigenvalue weighted by molar-refractivity contribution is 5.62. The van der Waals surface area contributed by atoms with E-state index in [4.69, 9.17) is 14.6 Å². The van der Waals surface area contributed by atoms with Crippen molar-refractivity contribution in [2.24, 2.45) is 16.4 Å². The van der Waals surface area contributed by atoms with Crippen LogP contribution in [0.3, 0.4) is 0 Å². The normalized spacial score (nSPS) is 16.2. The van der Waals surface area contributed by atoms with E-state index in [1.807, 2.05) is 25.2 Å². The van der Waals surface area contributed by atoms with Gasteiger partial charge in [0.25, 0.3) is 0 Å². The Morgan fingerprint density at radius 1 is 1.03 bits per heavy atom. The van der Waals surface area contributed by atoms with Gasteiger partial charge in [-0.15, -0.1) is 0 Å². The first-order valence-electron chi connectivity index (χ1n) is 11.4. The first kappa shape index (κ1) is 21.5. The van der Waals surface area contributed by atoms with Crippen molar-refractivity contribution in [2.75, 3.05) is 25.5 Å². The molecule has 1 fully saturated rings. The third kappa shape index (κ3) is 5.01. The maximum Gasteiger partial charge on any atom is 0.144 e. The molecule has 172 valence electrons. The largest absolute Gasteiger partial charge is 0.489 e. The van der Waals surface area contributed by atoms with Gasteiger partial charge in [0.15, 0.2) is 0 Å². The number of aryl methyl sites for hydroxylation is 2. The molecule has 8 heteroatoms. The predicted octanol–water partition coefficient (Wildman–Crippen LogP) is 5.12. The van der Waals surface area contributed by atoms with Crippen LogP contribution in [0.5, 0.6) is 5.75 Å².